The number of methoxy groups -OCH3 is 1. The predicted octanol–water partition coefficient (Wildman–Crippen LogP) is 3.69. The fraction of sp³-hybridized carbons (Fsp3) is 0.417. The summed E-state index contributed by atoms with van der Waals surface area (Å²) in [4.78, 5) is 20.9. The molecule has 4 aromatic heterocycles. The van der Waals surface area contributed by atoms with E-state index in [4.69, 9.17) is 4.74 Å². The lowest BCUT2D eigenvalue weighted by molar-refractivity contribution is 0.0957. The Labute approximate surface area is 195 Å². The smallest absolute Gasteiger partial charge is 0.269 e. The Kier molecular flexibility index (Phi) is 4.72. The maximum absolute atomic E-state index is 14.9. The Morgan fingerprint density at radius 1 is 1.26 bits per heavy atom. The zero-order valence-corrected chi connectivity index (χ0v) is 19.1. The number of hydrogen-bond acceptors (Lipinski definition) is 6. The highest BCUT2D eigenvalue weighted by Gasteiger charge is 2.44. The van der Waals surface area contributed by atoms with E-state index in [1.54, 1.807) is 24.0 Å². The molecule has 0 unspecified atom stereocenters. The fourth-order valence-corrected chi connectivity index (χ4v) is 5.15. The van der Waals surface area contributed by atoms with Crippen molar-refractivity contribution >= 4 is 23.0 Å². The lowest BCUT2D eigenvalue weighted by Gasteiger charge is -2.29. The Hall–Kier alpha value is -3.69. The molecule has 34 heavy (non-hydrogen) atoms. The number of carbonyl (C=O) groups is 1. The number of hydrogen-bond donors (Lipinski definition) is 2. The van der Waals surface area contributed by atoms with Crippen LogP contribution in [0.2, 0.25) is 0 Å². The summed E-state index contributed by atoms with van der Waals surface area (Å²) in [5.41, 5.74) is 2.82. The first kappa shape index (κ1) is 20.9. The number of pyridine rings is 1. The average molecular weight is 464 g/mol. The van der Waals surface area contributed by atoms with Gasteiger partial charge in [0, 0.05) is 36.6 Å². The fourth-order valence-electron chi connectivity index (χ4n) is 5.15. The molecule has 0 bridgehead atoms. The first-order chi connectivity index (χ1) is 16.5. The minimum Gasteiger partial charge on any atom is -0.479 e. The minimum absolute atomic E-state index is 0.0843. The molecule has 0 aromatic carbocycles. The van der Waals surface area contributed by atoms with Crippen LogP contribution in [0, 0.1) is 11.2 Å². The Balaban J connectivity index is 1.37. The van der Waals surface area contributed by atoms with Crippen LogP contribution in [-0.2, 0) is 0 Å². The number of imidazole rings is 1. The lowest BCUT2D eigenvalue weighted by atomic mass is 9.83. The standard InChI is InChI=1S/C24H26FN7O2/c1-26-21(33)18-12-27-20-17(25)11-14(13-31(18)20)16-5-10-32-19(16)22(34-2)29-23(30-32)28-15-3-6-24(7-4-15)8-9-24/h5,10-13,15H,3-4,6-9H2,1-2H3,(H,26,33)(H,28,30). The largest absolute Gasteiger partial charge is 0.479 e. The van der Waals surface area contributed by atoms with Gasteiger partial charge in [0.05, 0.1) is 13.3 Å². The second-order valence-corrected chi connectivity index (χ2v) is 9.38. The zero-order chi connectivity index (χ0) is 23.4. The van der Waals surface area contributed by atoms with Crippen LogP contribution < -0.4 is 15.4 Å². The summed E-state index contributed by atoms with van der Waals surface area (Å²) in [5.74, 6) is 0.0275. The van der Waals surface area contributed by atoms with Crippen molar-refractivity contribution in [3.8, 4) is 17.0 Å². The van der Waals surface area contributed by atoms with Crippen molar-refractivity contribution in [2.75, 3.05) is 19.5 Å². The number of aromatic nitrogens is 5. The highest BCUT2D eigenvalue weighted by atomic mass is 19.1. The van der Waals surface area contributed by atoms with Crippen LogP contribution in [-0.4, -0.2) is 50.1 Å². The van der Waals surface area contributed by atoms with E-state index in [0.29, 0.717) is 39.9 Å². The van der Waals surface area contributed by atoms with Gasteiger partial charge in [-0.3, -0.25) is 9.20 Å². The van der Waals surface area contributed by atoms with E-state index < -0.39 is 5.82 Å². The van der Waals surface area contributed by atoms with Gasteiger partial charge in [-0.1, -0.05) is 0 Å². The molecular formula is C24H26FN7O2. The number of carbonyl (C=O) groups excluding carboxylic acids is 1. The number of nitrogens with one attached hydrogen (secondary N) is 2. The van der Waals surface area contributed by atoms with Crippen molar-refractivity contribution in [2.24, 2.45) is 5.41 Å². The number of ether oxygens (including phenoxy) is 1. The van der Waals surface area contributed by atoms with Crippen molar-refractivity contribution in [2.45, 2.75) is 44.6 Å². The van der Waals surface area contributed by atoms with Crippen LogP contribution in [0.3, 0.4) is 0 Å². The van der Waals surface area contributed by atoms with Crippen LogP contribution in [0.1, 0.15) is 49.0 Å². The van der Waals surface area contributed by atoms with E-state index in [-0.39, 0.29) is 17.2 Å². The third-order valence-corrected chi connectivity index (χ3v) is 7.34. The molecule has 6 rings (SSSR count). The van der Waals surface area contributed by atoms with Gasteiger partial charge in [0.1, 0.15) is 11.2 Å². The van der Waals surface area contributed by atoms with Crippen LogP contribution in [0.15, 0.2) is 30.7 Å². The molecule has 9 nitrogen and oxygen atoms in total. The Morgan fingerprint density at radius 2 is 2.06 bits per heavy atom. The molecule has 0 saturated heterocycles. The van der Waals surface area contributed by atoms with Crippen LogP contribution in [0.25, 0.3) is 22.3 Å². The quantitative estimate of drug-likeness (QED) is 0.469. The lowest BCUT2D eigenvalue weighted by Crippen LogP contribution is -2.28. The zero-order valence-electron chi connectivity index (χ0n) is 19.1. The summed E-state index contributed by atoms with van der Waals surface area (Å²) >= 11 is 0. The number of nitrogens with zero attached hydrogens (tertiary/aromatic N) is 5. The maximum atomic E-state index is 14.9. The third-order valence-electron chi connectivity index (χ3n) is 7.34. The molecule has 10 heteroatoms. The van der Waals surface area contributed by atoms with Crippen molar-refractivity contribution in [3.63, 3.8) is 0 Å². The predicted molar refractivity (Wildman–Crippen MR) is 125 cm³/mol. The van der Waals surface area contributed by atoms with E-state index in [1.165, 1.54) is 49.4 Å². The van der Waals surface area contributed by atoms with Crippen molar-refractivity contribution in [1.29, 1.82) is 0 Å². The van der Waals surface area contributed by atoms with Gasteiger partial charge in [0.15, 0.2) is 11.5 Å². The summed E-state index contributed by atoms with van der Waals surface area (Å²) in [6.45, 7) is 0. The first-order valence-corrected chi connectivity index (χ1v) is 11.6. The van der Waals surface area contributed by atoms with E-state index in [9.17, 15) is 9.18 Å². The maximum Gasteiger partial charge on any atom is 0.269 e. The molecule has 2 fully saturated rings. The molecular weight excluding hydrogens is 437 g/mol. The molecule has 2 aliphatic carbocycles. The van der Waals surface area contributed by atoms with Gasteiger partial charge in [-0.2, -0.15) is 4.98 Å². The normalized spacial score (nSPS) is 17.4. The number of amides is 1. The third kappa shape index (κ3) is 3.36. The molecule has 0 aliphatic heterocycles. The number of fused-ring (bicyclic) bond motifs is 2. The monoisotopic (exact) mass is 463 g/mol. The van der Waals surface area contributed by atoms with Crippen LogP contribution >= 0.6 is 0 Å². The topological polar surface area (TPSA) is 97.9 Å². The molecule has 1 amide bonds. The first-order valence-electron chi connectivity index (χ1n) is 11.6. The molecule has 0 atom stereocenters. The van der Waals surface area contributed by atoms with Crippen molar-refractivity contribution in [3.05, 3.63) is 42.2 Å². The summed E-state index contributed by atoms with van der Waals surface area (Å²) in [7, 11) is 3.08. The van der Waals surface area contributed by atoms with E-state index in [2.05, 4.69) is 25.7 Å². The van der Waals surface area contributed by atoms with Gasteiger partial charge < -0.3 is 15.4 Å². The highest BCUT2D eigenvalue weighted by Crippen LogP contribution is 2.56. The molecule has 2 aliphatic rings. The molecule has 4 aromatic rings. The van der Waals surface area contributed by atoms with Gasteiger partial charge in [0.2, 0.25) is 11.8 Å². The molecule has 4 heterocycles. The molecule has 0 radical (unpaired) electrons. The molecule has 176 valence electrons. The molecule has 2 N–H and O–H groups in total. The summed E-state index contributed by atoms with van der Waals surface area (Å²) in [6.07, 6.45) is 12.4. The van der Waals surface area contributed by atoms with Crippen molar-refractivity contribution < 1.29 is 13.9 Å². The number of rotatable bonds is 5. The van der Waals surface area contributed by atoms with Gasteiger partial charge in [0.25, 0.3) is 5.91 Å². The Morgan fingerprint density at radius 3 is 2.76 bits per heavy atom. The second kappa shape index (κ2) is 7.68. The molecule has 2 saturated carbocycles. The van der Waals surface area contributed by atoms with Gasteiger partial charge >= 0.3 is 0 Å². The summed E-state index contributed by atoms with van der Waals surface area (Å²) in [6, 6.07) is 3.58. The number of anilines is 1. The SMILES string of the molecule is CNC(=O)c1cnc2c(F)cc(-c3ccn4nc(NC5CCC6(CC5)CC6)nc(OC)c34)cn12. The number of halogens is 1. The second-order valence-electron chi connectivity index (χ2n) is 9.38. The van der Waals surface area contributed by atoms with E-state index in [0.717, 1.165) is 12.8 Å². The summed E-state index contributed by atoms with van der Waals surface area (Å²) < 4.78 is 23.7. The van der Waals surface area contributed by atoms with E-state index in [1.807, 2.05) is 6.07 Å². The Bertz CT molecular complexity index is 1410. The molecule has 1 spiro atoms. The minimum atomic E-state index is -0.532. The van der Waals surface area contributed by atoms with Crippen LogP contribution in [0.5, 0.6) is 5.88 Å². The van der Waals surface area contributed by atoms with Crippen LogP contribution in [0.4, 0.5) is 10.3 Å². The van der Waals surface area contributed by atoms with Gasteiger partial charge in [-0.15, -0.1) is 5.10 Å². The van der Waals surface area contributed by atoms with Gasteiger partial charge in [-0.05, 0) is 56.1 Å². The average Bonchev–Trinajstić information content (AvgIpc) is 3.25. The summed E-state index contributed by atoms with van der Waals surface area (Å²) in [5, 5.41) is 10.7. The van der Waals surface area contributed by atoms with E-state index >= 15 is 0 Å². The van der Waals surface area contributed by atoms with Crippen molar-refractivity contribution in [1.82, 2.24) is 29.3 Å². The van der Waals surface area contributed by atoms with Gasteiger partial charge in [-0.25, -0.2) is 13.9 Å². The highest BCUT2D eigenvalue weighted by molar-refractivity contribution is 5.93.